The lowest BCUT2D eigenvalue weighted by atomic mass is 9.92. The van der Waals surface area contributed by atoms with E-state index >= 15 is 0 Å². The van der Waals surface area contributed by atoms with Gasteiger partial charge in [-0.15, -0.1) is 0 Å². The van der Waals surface area contributed by atoms with Gasteiger partial charge in [-0.05, 0) is 36.1 Å². The molecule has 0 aliphatic carbocycles. The van der Waals surface area contributed by atoms with Crippen LogP contribution in [0.4, 0.5) is 0 Å². The van der Waals surface area contributed by atoms with Gasteiger partial charge < -0.3 is 25.2 Å². The second-order valence-electron chi connectivity index (χ2n) is 4.29. The van der Waals surface area contributed by atoms with Gasteiger partial charge in [0.15, 0.2) is 0 Å². The molecule has 0 atom stereocenters. The molecule has 1 rings (SSSR count). The average Bonchev–Trinajstić information content (AvgIpc) is 2.44. The van der Waals surface area contributed by atoms with Gasteiger partial charge in [0.1, 0.15) is 0 Å². The zero-order valence-corrected chi connectivity index (χ0v) is 11.4. The second kappa shape index (κ2) is 8.35. The number of hydrogen-bond acceptors (Lipinski definition) is 5. The van der Waals surface area contributed by atoms with Crippen LogP contribution in [-0.2, 0) is 17.6 Å². The standard InChI is InChI=1S/C14H18O7/c15-5-3-9-10(4-7-21-8-6-16)12(14(19)20)2-1-11(9)13(17)18/h1-2,15-16H,3-8H2,(H,17,18)(H,19,20). The SMILES string of the molecule is O=C(O)c1ccc(C(=O)O)c(CCOCCO)c1CCO. The number of carboxylic acids is 2. The van der Waals surface area contributed by atoms with Crippen molar-refractivity contribution in [2.24, 2.45) is 0 Å². The minimum atomic E-state index is -1.17. The van der Waals surface area contributed by atoms with Gasteiger partial charge in [0.2, 0.25) is 0 Å². The molecule has 0 bridgehead atoms. The zero-order valence-electron chi connectivity index (χ0n) is 11.4. The van der Waals surface area contributed by atoms with Crippen molar-refractivity contribution in [3.05, 3.63) is 34.4 Å². The van der Waals surface area contributed by atoms with Crippen molar-refractivity contribution in [2.45, 2.75) is 12.8 Å². The zero-order chi connectivity index (χ0) is 15.8. The van der Waals surface area contributed by atoms with Crippen LogP contribution >= 0.6 is 0 Å². The third-order valence-corrected chi connectivity index (χ3v) is 2.99. The first kappa shape index (κ1) is 17.1. The Morgan fingerprint density at radius 3 is 1.81 bits per heavy atom. The summed E-state index contributed by atoms with van der Waals surface area (Å²) < 4.78 is 5.10. The van der Waals surface area contributed by atoms with Gasteiger partial charge in [-0.3, -0.25) is 0 Å². The van der Waals surface area contributed by atoms with Crippen LogP contribution in [0.1, 0.15) is 31.8 Å². The van der Waals surface area contributed by atoms with Crippen molar-refractivity contribution in [3.63, 3.8) is 0 Å². The Labute approximate surface area is 121 Å². The highest BCUT2D eigenvalue weighted by atomic mass is 16.5. The van der Waals surface area contributed by atoms with Gasteiger partial charge in [-0.25, -0.2) is 9.59 Å². The Morgan fingerprint density at radius 2 is 1.38 bits per heavy atom. The molecule has 1 aromatic rings. The number of rotatable bonds is 9. The molecule has 0 unspecified atom stereocenters. The fourth-order valence-electron chi connectivity index (χ4n) is 2.12. The quantitative estimate of drug-likeness (QED) is 0.479. The number of aromatic carboxylic acids is 2. The summed E-state index contributed by atoms with van der Waals surface area (Å²) in [5.74, 6) is -2.34. The molecule has 0 saturated carbocycles. The first-order valence-electron chi connectivity index (χ1n) is 6.43. The summed E-state index contributed by atoms with van der Waals surface area (Å²) in [6.45, 7) is -0.156. The van der Waals surface area contributed by atoms with Crippen LogP contribution < -0.4 is 0 Å². The third-order valence-electron chi connectivity index (χ3n) is 2.99. The first-order valence-corrected chi connectivity index (χ1v) is 6.43. The predicted octanol–water partition coefficient (Wildman–Crippen LogP) is 0.169. The molecule has 21 heavy (non-hydrogen) atoms. The lowest BCUT2D eigenvalue weighted by Crippen LogP contribution is -2.15. The van der Waals surface area contributed by atoms with E-state index in [1.165, 1.54) is 12.1 Å². The molecule has 7 nitrogen and oxygen atoms in total. The van der Waals surface area contributed by atoms with Crippen LogP contribution in [0.25, 0.3) is 0 Å². The number of aliphatic hydroxyl groups is 2. The Hall–Kier alpha value is -1.96. The monoisotopic (exact) mass is 298 g/mol. The van der Waals surface area contributed by atoms with Crippen LogP contribution in [0.5, 0.6) is 0 Å². The topological polar surface area (TPSA) is 124 Å². The molecule has 4 N–H and O–H groups in total. The molecular formula is C14H18O7. The van der Waals surface area contributed by atoms with Gasteiger partial charge in [0, 0.05) is 6.61 Å². The maximum atomic E-state index is 11.3. The van der Waals surface area contributed by atoms with Crippen LogP contribution in [0.2, 0.25) is 0 Å². The molecule has 0 fully saturated rings. The van der Waals surface area contributed by atoms with Crippen molar-refractivity contribution < 1.29 is 34.8 Å². The lowest BCUT2D eigenvalue weighted by molar-refractivity contribution is 0.0676. The molecule has 0 radical (unpaired) electrons. The highest BCUT2D eigenvalue weighted by Gasteiger charge is 2.20. The Bertz CT molecular complexity index is 510. The molecule has 0 heterocycles. The van der Waals surface area contributed by atoms with Gasteiger partial charge in [-0.1, -0.05) is 0 Å². The summed E-state index contributed by atoms with van der Waals surface area (Å²) in [4.78, 5) is 22.5. The summed E-state index contributed by atoms with van der Waals surface area (Å²) in [6, 6.07) is 2.48. The Balaban J connectivity index is 3.20. The number of benzene rings is 1. The molecule has 0 aliphatic rings. The molecule has 0 spiro atoms. The average molecular weight is 298 g/mol. The summed E-state index contributed by atoms with van der Waals surface area (Å²) in [7, 11) is 0. The Kier molecular flexibility index (Phi) is 6.80. The number of aliphatic hydroxyl groups excluding tert-OH is 2. The van der Waals surface area contributed by atoms with Crippen LogP contribution in [0.15, 0.2) is 12.1 Å². The van der Waals surface area contributed by atoms with Crippen molar-refractivity contribution >= 4 is 11.9 Å². The van der Waals surface area contributed by atoms with Crippen molar-refractivity contribution in [1.29, 1.82) is 0 Å². The molecule has 116 valence electrons. The smallest absolute Gasteiger partial charge is 0.335 e. The number of ether oxygens (including phenoxy) is 1. The van der Waals surface area contributed by atoms with E-state index in [0.29, 0.717) is 11.1 Å². The molecule has 0 aliphatic heterocycles. The van der Waals surface area contributed by atoms with Gasteiger partial charge in [-0.2, -0.15) is 0 Å². The van der Waals surface area contributed by atoms with Gasteiger partial charge in [0.05, 0.1) is 30.9 Å². The van der Waals surface area contributed by atoms with Crippen LogP contribution in [0, 0.1) is 0 Å². The summed E-state index contributed by atoms with van der Waals surface area (Å²) in [5.41, 5.74) is 0.620. The van der Waals surface area contributed by atoms with E-state index in [0.717, 1.165) is 0 Å². The fourth-order valence-corrected chi connectivity index (χ4v) is 2.12. The normalized spacial score (nSPS) is 10.6. The molecule has 1 aromatic carbocycles. The highest BCUT2D eigenvalue weighted by Crippen LogP contribution is 2.22. The van der Waals surface area contributed by atoms with E-state index in [1.54, 1.807) is 0 Å². The summed E-state index contributed by atoms with van der Waals surface area (Å²) >= 11 is 0. The molecule has 7 heteroatoms. The number of carboxylic acid groups (broad SMARTS) is 2. The van der Waals surface area contributed by atoms with Crippen LogP contribution in [-0.4, -0.2) is 58.8 Å². The Morgan fingerprint density at radius 1 is 0.857 bits per heavy atom. The van der Waals surface area contributed by atoms with Crippen molar-refractivity contribution in [2.75, 3.05) is 26.4 Å². The third kappa shape index (κ3) is 4.52. The van der Waals surface area contributed by atoms with E-state index in [4.69, 9.17) is 20.1 Å². The largest absolute Gasteiger partial charge is 0.478 e. The number of hydrogen-bond donors (Lipinski definition) is 4. The molecular weight excluding hydrogens is 280 g/mol. The van der Waals surface area contributed by atoms with E-state index < -0.39 is 11.9 Å². The number of carbonyl (C=O) groups is 2. The van der Waals surface area contributed by atoms with E-state index in [9.17, 15) is 14.7 Å². The maximum absolute atomic E-state index is 11.3. The summed E-state index contributed by atoms with van der Waals surface area (Å²) in [6.07, 6.45) is 0.246. The lowest BCUT2D eigenvalue weighted by Gasteiger charge is -2.15. The molecule has 0 aromatic heterocycles. The van der Waals surface area contributed by atoms with E-state index in [-0.39, 0.29) is 50.4 Å². The predicted molar refractivity (Wildman–Crippen MR) is 72.8 cm³/mol. The second-order valence-corrected chi connectivity index (χ2v) is 4.29. The minimum absolute atomic E-state index is 0.00366. The van der Waals surface area contributed by atoms with Crippen LogP contribution in [0.3, 0.4) is 0 Å². The van der Waals surface area contributed by atoms with Crippen molar-refractivity contribution in [1.82, 2.24) is 0 Å². The summed E-state index contributed by atoms with van der Waals surface area (Å²) in [5, 5.41) is 36.1. The maximum Gasteiger partial charge on any atom is 0.335 e. The first-order chi connectivity index (χ1) is 10.0. The van der Waals surface area contributed by atoms with Gasteiger partial charge in [0.25, 0.3) is 0 Å². The molecule has 0 amide bonds. The molecule has 0 saturated heterocycles. The van der Waals surface area contributed by atoms with Gasteiger partial charge >= 0.3 is 11.9 Å². The highest BCUT2D eigenvalue weighted by molar-refractivity contribution is 5.95. The minimum Gasteiger partial charge on any atom is -0.478 e. The van der Waals surface area contributed by atoms with E-state index in [1.807, 2.05) is 0 Å². The van der Waals surface area contributed by atoms with Crippen molar-refractivity contribution in [3.8, 4) is 0 Å². The van der Waals surface area contributed by atoms with E-state index in [2.05, 4.69) is 0 Å². The fraction of sp³-hybridized carbons (Fsp3) is 0.429.